The molecule has 0 spiro atoms. The third-order valence-corrected chi connectivity index (χ3v) is 5.50. The molecule has 2 aromatic carbocycles. The van der Waals surface area contributed by atoms with Gasteiger partial charge in [0.1, 0.15) is 23.8 Å². The molecular weight excluding hydrogens is 408 g/mol. The Morgan fingerprint density at radius 3 is 2.33 bits per heavy atom. The average molecular weight is 430 g/mol. The van der Waals surface area contributed by atoms with Gasteiger partial charge in [-0.15, -0.1) is 0 Å². The Hall–Kier alpha value is -3.33. The molecule has 0 saturated heterocycles. The van der Waals surface area contributed by atoms with Gasteiger partial charge in [0.05, 0.1) is 45.1 Å². The van der Waals surface area contributed by atoms with Crippen LogP contribution in [-0.4, -0.2) is 44.9 Å². The van der Waals surface area contributed by atoms with E-state index in [0.717, 1.165) is 10.2 Å². The van der Waals surface area contributed by atoms with Gasteiger partial charge in [-0.1, -0.05) is 17.4 Å². The van der Waals surface area contributed by atoms with Crippen LogP contribution in [0.4, 0.5) is 0 Å². The summed E-state index contributed by atoms with van der Waals surface area (Å²) in [6.07, 6.45) is 0.0446. The van der Waals surface area contributed by atoms with E-state index in [1.165, 1.54) is 25.6 Å². The number of hydrogen-bond donors (Lipinski definition) is 0. The van der Waals surface area contributed by atoms with E-state index >= 15 is 0 Å². The van der Waals surface area contributed by atoms with Gasteiger partial charge in [0.15, 0.2) is 4.80 Å². The Balaban J connectivity index is 2.00. The molecule has 0 atom stereocenters. The van der Waals surface area contributed by atoms with Gasteiger partial charge in [-0.3, -0.25) is 9.59 Å². The molecule has 0 aliphatic heterocycles. The lowest BCUT2D eigenvalue weighted by molar-refractivity contribution is -0.141. The fourth-order valence-electron chi connectivity index (χ4n) is 2.92. The highest BCUT2D eigenvalue weighted by atomic mass is 32.1. The number of thiazole rings is 1. The molecule has 0 bridgehead atoms. The Morgan fingerprint density at radius 2 is 1.67 bits per heavy atom. The quantitative estimate of drug-likeness (QED) is 0.536. The van der Waals surface area contributed by atoms with Crippen LogP contribution in [-0.2, 0) is 27.3 Å². The number of amides is 1. The summed E-state index contributed by atoms with van der Waals surface area (Å²) in [5.74, 6) is 1.05. The highest BCUT2D eigenvalue weighted by Crippen LogP contribution is 2.26. The van der Waals surface area contributed by atoms with Crippen molar-refractivity contribution in [2.24, 2.45) is 4.99 Å². The molecule has 1 amide bonds. The van der Waals surface area contributed by atoms with Gasteiger partial charge in [0.2, 0.25) is 0 Å². The van der Waals surface area contributed by atoms with Crippen LogP contribution in [0.15, 0.2) is 41.4 Å². The van der Waals surface area contributed by atoms with E-state index in [1.54, 1.807) is 43.1 Å². The maximum atomic E-state index is 12.7. The third-order valence-electron chi connectivity index (χ3n) is 4.46. The van der Waals surface area contributed by atoms with Gasteiger partial charge in [0.25, 0.3) is 5.91 Å². The van der Waals surface area contributed by atoms with E-state index < -0.39 is 5.97 Å². The number of benzene rings is 2. The smallest absolute Gasteiger partial charge is 0.325 e. The Kier molecular flexibility index (Phi) is 6.73. The molecule has 1 heterocycles. The van der Waals surface area contributed by atoms with Gasteiger partial charge < -0.3 is 23.5 Å². The number of carbonyl (C=O) groups is 2. The number of aromatic nitrogens is 1. The summed E-state index contributed by atoms with van der Waals surface area (Å²) in [4.78, 5) is 29.3. The lowest BCUT2D eigenvalue weighted by Crippen LogP contribution is -2.22. The topological polar surface area (TPSA) is 88.4 Å². The second-order valence-electron chi connectivity index (χ2n) is 6.24. The van der Waals surface area contributed by atoms with E-state index in [4.69, 9.17) is 18.9 Å². The number of rotatable bonds is 7. The second kappa shape index (κ2) is 9.45. The number of hydrogen-bond acceptors (Lipinski definition) is 7. The normalized spacial score (nSPS) is 11.4. The number of nitrogens with zero attached hydrogens (tertiary/aromatic N) is 2. The van der Waals surface area contributed by atoms with Crippen molar-refractivity contribution in [1.82, 2.24) is 4.57 Å². The number of fused-ring (bicyclic) bond motifs is 1. The van der Waals surface area contributed by atoms with Gasteiger partial charge in [-0.25, -0.2) is 0 Å². The van der Waals surface area contributed by atoms with Crippen molar-refractivity contribution in [1.29, 1.82) is 0 Å². The first-order chi connectivity index (χ1) is 14.5. The van der Waals surface area contributed by atoms with Crippen LogP contribution in [0.25, 0.3) is 10.2 Å². The summed E-state index contributed by atoms with van der Waals surface area (Å²) in [6, 6.07) is 10.7. The van der Waals surface area contributed by atoms with Crippen LogP contribution in [0.5, 0.6) is 17.2 Å². The largest absolute Gasteiger partial charge is 0.497 e. The monoisotopic (exact) mass is 430 g/mol. The molecule has 0 unspecified atom stereocenters. The molecule has 3 rings (SSSR count). The predicted molar refractivity (Wildman–Crippen MR) is 112 cm³/mol. The van der Waals surface area contributed by atoms with Crippen molar-refractivity contribution < 1.29 is 28.5 Å². The lowest BCUT2D eigenvalue weighted by Gasteiger charge is -2.08. The van der Waals surface area contributed by atoms with Crippen molar-refractivity contribution in [3.63, 3.8) is 0 Å². The summed E-state index contributed by atoms with van der Waals surface area (Å²) in [5, 5.41) is 0. The fraction of sp³-hybridized carbons (Fsp3) is 0.286. The zero-order valence-electron chi connectivity index (χ0n) is 17.1. The molecule has 0 aliphatic carbocycles. The molecule has 3 aromatic rings. The molecule has 0 radical (unpaired) electrons. The van der Waals surface area contributed by atoms with Crippen molar-refractivity contribution in [3.8, 4) is 17.2 Å². The Bertz CT molecular complexity index is 1150. The number of methoxy groups -OCH3 is 4. The van der Waals surface area contributed by atoms with Crippen LogP contribution >= 0.6 is 11.3 Å². The minimum Gasteiger partial charge on any atom is -0.497 e. The first kappa shape index (κ1) is 21.4. The van der Waals surface area contributed by atoms with Crippen molar-refractivity contribution >= 4 is 33.4 Å². The van der Waals surface area contributed by atoms with Crippen LogP contribution in [0.3, 0.4) is 0 Å². The first-order valence-corrected chi connectivity index (χ1v) is 9.83. The molecule has 0 saturated carbocycles. The number of ether oxygens (including phenoxy) is 4. The molecule has 0 aliphatic rings. The van der Waals surface area contributed by atoms with E-state index in [0.29, 0.717) is 27.6 Å². The molecule has 8 nitrogen and oxygen atoms in total. The Labute approximate surface area is 177 Å². The second-order valence-corrected chi connectivity index (χ2v) is 7.25. The van der Waals surface area contributed by atoms with Crippen molar-refractivity contribution in [2.75, 3.05) is 28.4 Å². The minimum absolute atomic E-state index is 0.0446. The lowest BCUT2D eigenvalue weighted by atomic mass is 10.1. The highest BCUT2D eigenvalue weighted by molar-refractivity contribution is 7.16. The SMILES string of the molecule is COC(=O)Cn1c(=NC(=O)Cc2ccc(OC)cc2OC)sc2cc(OC)ccc21. The van der Waals surface area contributed by atoms with Crippen LogP contribution < -0.4 is 19.0 Å². The van der Waals surface area contributed by atoms with Crippen molar-refractivity contribution in [3.05, 3.63) is 46.8 Å². The summed E-state index contributed by atoms with van der Waals surface area (Å²) in [6.45, 7) is -0.0548. The molecule has 1 aromatic heterocycles. The summed E-state index contributed by atoms with van der Waals surface area (Å²) < 4.78 is 23.1. The average Bonchev–Trinajstić information content (AvgIpc) is 3.09. The number of carbonyl (C=O) groups excluding carboxylic acids is 2. The van der Waals surface area contributed by atoms with Gasteiger partial charge in [-0.05, 0) is 24.3 Å². The third kappa shape index (κ3) is 4.62. The van der Waals surface area contributed by atoms with Gasteiger partial charge >= 0.3 is 5.97 Å². The minimum atomic E-state index is -0.434. The van der Waals surface area contributed by atoms with Crippen molar-refractivity contribution in [2.45, 2.75) is 13.0 Å². The van der Waals surface area contributed by atoms with E-state index in [9.17, 15) is 9.59 Å². The highest BCUT2D eigenvalue weighted by Gasteiger charge is 2.14. The zero-order valence-corrected chi connectivity index (χ0v) is 17.9. The fourth-order valence-corrected chi connectivity index (χ4v) is 3.99. The Morgan fingerprint density at radius 1 is 0.967 bits per heavy atom. The summed E-state index contributed by atoms with van der Waals surface area (Å²) in [5.41, 5.74) is 1.45. The maximum Gasteiger partial charge on any atom is 0.325 e. The molecule has 9 heteroatoms. The summed E-state index contributed by atoms with van der Waals surface area (Å²) in [7, 11) is 5.99. The molecule has 0 N–H and O–H groups in total. The predicted octanol–water partition coefficient (Wildman–Crippen LogP) is 2.57. The van der Waals surface area contributed by atoms with Gasteiger partial charge in [0, 0.05) is 11.6 Å². The maximum absolute atomic E-state index is 12.7. The van der Waals surface area contributed by atoms with E-state index in [-0.39, 0.29) is 18.9 Å². The molecule has 30 heavy (non-hydrogen) atoms. The molecule has 0 fully saturated rings. The molecule has 158 valence electrons. The number of esters is 1. The summed E-state index contributed by atoms with van der Waals surface area (Å²) >= 11 is 1.30. The first-order valence-electron chi connectivity index (χ1n) is 9.01. The van der Waals surface area contributed by atoms with Crippen LogP contribution in [0.1, 0.15) is 5.56 Å². The van der Waals surface area contributed by atoms with Gasteiger partial charge in [-0.2, -0.15) is 4.99 Å². The van der Waals surface area contributed by atoms with Crippen LogP contribution in [0, 0.1) is 0 Å². The van der Waals surface area contributed by atoms with E-state index in [2.05, 4.69) is 4.99 Å². The van der Waals surface area contributed by atoms with Crippen LogP contribution in [0.2, 0.25) is 0 Å². The zero-order chi connectivity index (χ0) is 21.7. The standard InChI is InChI=1S/C21H22N2O6S/c1-26-14-6-5-13(17(10-14)28-3)9-19(24)22-21-23(12-20(25)29-4)16-8-7-15(27-2)11-18(16)30-21/h5-8,10-11H,9,12H2,1-4H3. The molecular formula is C21H22N2O6S. The van der Waals surface area contributed by atoms with E-state index in [1.807, 2.05) is 12.1 Å².